The van der Waals surface area contributed by atoms with Crippen LogP contribution in [0.15, 0.2) is 18.2 Å². The fourth-order valence-electron chi connectivity index (χ4n) is 1.75. The van der Waals surface area contributed by atoms with Crippen LogP contribution in [0.2, 0.25) is 0 Å². The van der Waals surface area contributed by atoms with Gasteiger partial charge >= 0.3 is 0 Å². The van der Waals surface area contributed by atoms with E-state index in [1.807, 2.05) is 12.1 Å². The van der Waals surface area contributed by atoms with Crippen molar-refractivity contribution < 1.29 is 14.6 Å². The van der Waals surface area contributed by atoms with Gasteiger partial charge in [-0.25, -0.2) is 0 Å². The number of methoxy groups -OCH3 is 2. The molecule has 0 aliphatic rings. The summed E-state index contributed by atoms with van der Waals surface area (Å²) in [5.74, 6) is 1.33. The quantitative estimate of drug-likeness (QED) is 0.878. The van der Waals surface area contributed by atoms with E-state index >= 15 is 0 Å². The van der Waals surface area contributed by atoms with Gasteiger partial charge in [0.1, 0.15) is 11.5 Å². The van der Waals surface area contributed by atoms with Gasteiger partial charge in [0.05, 0.1) is 20.3 Å². The molecule has 0 aliphatic heterocycles. The van der Waals surface area contributed by atoms with Crippen LogP contribution in [0.25, 0.3) is 0 Å². The van der Waals surface area contributed by atoms with Crippen molar-refractivity contribution in [1.82, 2.24) is 0 Å². The SMILES string of the molecule is COc1cc(OC)cc([C@H](O)C[C@H](N)C(C)(C)C)c1.Cl. The maximum absolute atomic E-state index is 10.3. The molecular formula is C15H26ClNO3. The number of aliphatic hydroxyl groups is 1. The van der Waals surface area contributed by atoms with Crippen molar-refractivity contribution in [2.24, 2.45) is 11.1 Å². The lowest BCUT2D eigenvalue weighted by atomic mass is 9.83. The molecule has 2 atom stereocenters. The number of benzene rings is 1. The summed E-state index contributed by atoms with van der Waals surface area (Å²) in [6.45, 7) is 6.20. The van der Waals surface area contributed by atoms with E-state index in [0.29, 0.717) is 17.9 Å². The van der Waals surface area contributed by atoms with Crippen molar-refractivity contribution in [2.45, 2.75) is 39.3 Å². The highest BCUT2D eigenvalue weighted by Crippen LogP contribution is 2.31. The van der Waals surface area contributed by atoms with Crippen molar-refractivity contribution in [2.75, 3.05) is 14.2 Å². The van der Waals surface area contributed by atoms with E-state index in [4.69, 9.17) is 15.2 Å². The first-order chi connectivity index (χ1) is 8.77. The van der Waals surface area contributed by atoms with Crippen molar-refractivity contribution in [3.05, 3.63) is 23.8 Å². The Bertz CT molecular complexity index is 396. The Kier molecular flexibility index (Phi) is 7.34. The summed E-state index contributed by atoms with van der Waals surface area (Å²) in [7, 11) is 3.18. The van der Waals surface area contributed by atoms with Gasteiger partial charge in [-0.2, -0.15) is 0 Å². The Morgan fingerprint density at radius 3 is 1.90 bits per heavy atom. The van der Waals surface area contributed by atoms with Gasteiger partial charge in [0.15, 0.2) is 0 Å². The van der Waals surface area contributed by atoms with Crippen LogP contribution in [-0.2, 0) is 0 Å². The second-order valence-corrected chi connectivity index (χ2v) is 5.87. The van der Waals surface area contributed by atoms with Crippen LogP contribution in [0.5, 0.6) is 11.5 Å². The highest BCUT2D eigenvalue weighted by Gasteiger charge is 2.24. The van der Waals surface area contributed by atoms with Crippen LogP contribution in [0.3, 0.4) is 0 Å². The Morgan fingerprint density at radius 1 is 1.10 bits per heavy atom. The molecule has 0 aliphatic carbocycles. The predicted molar refractivity (Wildman–Crippen MR) is 83.8 cm³/mol. The summed E-state index contributed by atoms with van der Waals surface area (Å²) in [6, 6.07) is 5.31. The molecule has 0 spiro atoms. The molecule has 1 aromatic carbocycles. The topological polar surface area (TPSA) is 64.7 Å². The molecular weight excluding hydrogens is 278 g/mol. The third kappa shape index (κ3) is 5.19. The fraction of sp³-hybridized carbons (Fsp3) is 0.600. The molecule has 0 unspecified atom stereocenters. The van der Waals surface area contributed by atoms with Gasteiger partial charge in [-0.1, -0.05) is 20.8 Å². The lowest BCUT2D eigenvalue weighted by Crippen LogP contribution is -2.36. The molecule has 0 saturated heterocycles. The van der Waals surface area contributed by atoms with Gasteiger partial charge in [-0.05, 0) is 29.5 Å². The first-order valence-electron chi connectivity index (χ1n) is 6.44. The normalized spacial score (nSPS) is 14.2. The molecule has 1 aromatic rings. The van der Waals surface area contributed by atoms with Gasteiger partial charge in [-0.3, -0.25) is 0 Å². The third-order valence-corrected chi connectivity index (χ3v) is 3.35. The fourth-order valence-corrected chi connectivity index (χ4v) is 1.75. The van der Waals surface area contributed by atoms with E-state index in [1.165, 1.54) is 0 Å². The number of ether oxygens (including phenoxy) is 2. The Labute approximate surface area is 127 Å². The van der Waals surface area contributed by atoms with Crippen LogP contribution < -0.4 is 15.2 Å². The maximum atomic E-state index is 10.3. The number of rotatable bonds is 5. The first-order valence-corrected chi connectivity index (χ1v) is 6.44. The highest BCUT2D eigenvalue weighted by atomic mass is 35.5. The maximum Gasteiger partial charge on any atom is 0.122 e. The zero-order valence-corrected chi connectivity index (χ0v) is 13.7. The Hall–Kier alpha value is -0.970. The second-order valence-electron chi connectivity index (χ2n) is 5.87. The molecule has 0 heterocycles. The smallest absolute Gasteiger partial charge is 0.122 e. The molecule has 0 saturated carbocycles. The predicted octanol–water partition coefficient (Wildman–Crippen LogP) is 2.92. The zero-order chi connectivity index (χ0) is 14.6. The van der Waals surface area contributed by atoms with Gasteiger partial charge in [0.2, 0.25) is 0 Å². The molecule has 0 bridgehead atoms. The van der Waals surface area contributed by atoms with Crippen LogP contribution in [0.1, 0.15) is 38.9 Å². The first kappa shape index (κ1) is 19.0. The number of hydrogen-bond donors (Lipinski definition) is 2. The molecule has 3 N–H and O–H groups in total. The summed E-state index contributed by atoms with van der Waals surface area (Å²) in [5, 5.41) is 10.3. The minimum atomic E-state index is -0.627. The van der Waals surface area contributed by atoms with E-state index in [-0.39, 0.29) is 23.9 Å². The summed E-state index contributed by atoms with van der Waals surface area (Å²) >= 11 is 0. The van der Waals surface area contributed by atoms with Crippen molar-refractivity contribution in [3.63, 3.8) is 0 Å². The summed E-state index contributed by atoms with van der Waals surface area (Å²) < 4.78 is 10.4. The van der Waals surface area contributed by atoms with E-state index in [2.05, 4.69) is 20.8 Å². The molecule has 1 rings (SSSR count). The number of aliphatic hydroxyl groups excluding tert-OH is 1. The minimum absolute atomic E-state index is 0. The summed E-state index contributed by atoms with van der Waals surface area (Å²) in [6.07, 6.45) is -0.127. The summed E-state index contributed by atoms with van der Waals surface area (Å²) in [5.41, 5.74) is 6.83. The van der Waals surface area contributed by atoms with Crippen molar-refractivity contribution in [3.8, 4) is 11.5 Å². The third-order valence-electron chi connectivity index (χ3n) is 3.35. The molecule has 0 amide bonds. The number of hydrogen-bond acceptors (Lipinski definition) is 4. The minimum Gasteiger partial charge on any atom is -0.497 e. The number of halogens is 1. The Morgan fingerprint density at radius 2 is 1.55 bits per heavy atom. The molecule has 116 valence electrons. The van der Waals surface area contributed by atoms with Crippen LogP contribution in [0, 0.1) is 5.41 Å². The van der Waals surface area contributed by atoms with E-state index in [9.17, 15) is 5.11 Å². The largest absolute Gasteiger partial charge is 0.497 e. The molecule has 0 radical (unpaired) electrons. The van der Waals surface area contributed by atoms with Gasteiger partial charge in [0.25, 0.3) is 0 Å². The number of nitrogens with two attached hydrogens (primary N) is 1. The molecule has 0 fully saturated rings. The summed E-state index contributed by atoms with van der Waals surface area (Å²) in [4.78, 5) is 0. The Balaban J connectivity index is 0.00000361. The lowest BCUT2D eigenvalue weighted by molar-refractivity contribution is 0.133. The average Bonchev–Trinajstić information content (AvgIpc) is 2.36. The van der Waals surface area contributed by atoms with Crippen LogP contribution in [0.4, 0.5) is 0 Å². The standard InChI is InChI=1S/C15H25NO3.ClH/c1-15(2,3)14(16)9-13(17)10-6-11(18-4)8-12(7-10)19-5;/h6-8,13-14,17H,9,16H2,1-5H3;1H/t13-,14+;/m1./s1. The zero-order valence-electron chi connectivity index (χ0n) is 12.8. The van der Waals surface area contributed by atoms with Crippen molar-refractivity contribution >= 4 is 12.4 Å². The van der Waals surface area contributed by atoms with Gasteiger partial charge in [-0.15, -0.1) is 12.4 Å². The average molecular weight is 304 g/mol. The van der Waals surface area contributed by atoms with E-state index < -0.39 is 6.10 Å². The molecule has 20 heavy (non-hydrogen) atoms. The highest BCUT2D eigenvalue weighted by molar-refractivity contribution is 5.85. The monoisotopic (exact) mass is 303 g/mol. The van der Waals surface area contributed by atoms with Crippen LogP contribution in [-0.4, -0.2) is 25.4 Å². The van der Waals surface area contributed by atoms with Crippen molar-refractivity contribution in [1.29, 1.82) is 0 Å². The molecule has 4 nitrogen and oxygen atoms in total. The van der Waals surface area contributed by atoms with E-state index in [1.54, 1.807) is 20.3 Å². The molecule has 5 heteroatoms. The second kappa shape index (κ2) is 7.72. The van der Waals surface area contributed by atoms with Gasteiger partial charge < -0.3 is 20.3 Å². The van der Waals surface area contributed by atoms with Crippen LogP contribution >= 0.6 is 12.4 Å². The molecule has 0 aromatic heterocycles. The lowest BCUT2D eigenvalue weighted by Gasteiger charge is -2.29. The van der Waals surface area contributed by atoms with Gasteiger partial charge in [0, 0.05) is 12.1 Å². The van der Waals surface area contributed by atoms with E-state index in [0.717, 1.165) is 5.56 Å².